The molecule has 0 aliphatic carbocycles. The van der Waals surface area contributed by atoms with Crippen molar-refractivity contribution in [2.24, 2.45) is 0 Å². The highest BCUT2D eigenvalue weighted by Crippen LogP contribution is 2.32. The lowest BCUT2D eigenvalue weighted by atomic mass is 10.2. The molecule has 1 aromatic carbocycles. The number of nitrogens with zero attached hydrogens (tertiary/aromatic N) is 2. The molecule has 0 aliphatic rings. The van der Waals surface area contributed by atoms with Crippen LogP contribution in [0.15, 0.2) is 42.7 Å². The van der Waals surface area contributed by atoms with Gasteiger partial charge in [-0.2, -0.15) is 0 Å². The number of ether oxygens (including phenoxy) is 1. The van der Waals surface area contributed by atoms with Gasteiger partial charge < -0.3 is 9.30 Å². The second-order valence-electron chi connectivity index (χ2n) is 4.45. The number of hydrogen-bond donors (Lipinski definition) is 0. The molecule has 3 nitrogen and oxygen atoms in total. The van der Waals surface area contributed by atoms with Gasteiger partial charge in [-0.05, 0) is 23.8 Å². The molecule has 0 saturated carbocycles. The summed E-state index contributed by atoms with van der Waals surface area (Å²) in [7, 11) is 1.61. The lowest BCUT2D eigenvalue weighted by molar-refractivity contribution is 0.419. The summed E-state index contributed by atoms with van der Waals surface area (Å²) < 4.78 is 7.39. The fourth-order valence-electron chi connectivity index (χ4n) is 2.21. The fourth-order valence-corrected chi connectivity index (χ4v) is 2.57. The van der Waals surface area contributed by atoms with Crippen LogP contribution in [0.25, 0.3) is 11.0 Å². The smallest absolute Gasteiger partial charge is 0.150 e. The van der Waals surface area contributed by atoms with Crippen LogP contribution in [0.5, 0.6) is 5.75 Å². The van der Waals surface area contributed by atoms with Gasteiger partial charge in [0.05, 0.1) is 18.7 Å². The molecule has 0 N–H and O–H groups in total. The van der Waals surface area contributed by atoms with Gasteiger partial charge in [0, 0.05) is 17.8 Å². The molecule has 0 unspecified atom stereocenters. The van der Waals surface area contributed by atoms with Gasteiger partial charge in [0.15, 0.2) is 0 Å². The average molecular weight is 307 g/mol. The van der Waals surface area contributed by atoms with E-state index in [1.165, 1.54) is 0 Å². The minimum absolute atomic E-state index is 0.518. The van der Waals surface area contributed by atoms with E-state index in [0.29, 0.717) is 10.8 Å². The molecular formula is C15H12Cl2N2O. The zero-order chi connectivity index (χ0) is 14.1. The Morgan fingerprint density at radius 1 is 1.15 bits per heavy atom. The van der Waals surface area contributed by atoms with Crippen molar-refractivity contribution in [3.8, 4) is 5.75 Å². The second kappa shape index (κ2) is 5.35. The van der Waals surface area contributed by atoms with E-state index in [1.807, 2.05) is 36.5 Å². The van der Waals surface area contributed by atoms with Crippen LogP contribution >= 0.6 is 23.2 Å². The van der Waals surface area contributed by atoms with E-state index in [0.717, 1.165) is 28.2 Å². The normalized spacial score (nSPS) is 10.9. The van der Waals surface area contributed by atoms with Crippen LogP contribution in [0.4, 0.5) is 0 Å². The first-order chi connectivity index (χ1) is 9.69. The summed E-state index contributed by atoms with van der Waals surface area (Å²) in [6, 6.07) is 9.73. The van der Waals surface area contributed by atoms with Gasteiger partial charge in [0.2, 0.25) is 0 Å². The SMILES string of the molecule is COc1c(Cl)cnc2c1ccn2Cc1ccc(Cl)cc1. The molecule has 3 aromatic rings. The highest BCUT2D eigenvalue weighted by molar-refractivity contribution is 6.33. The maximum absolute atomic E-state index is 6.08. The third-order valence-electron chi connectivity index (χ3n) is 3.17. The first-order valence-corrected chi connectivity index (χ1v) is 6.86. The Balaban J connectivity index is 2.02. The molecule has 2 heterocycles. The monoisotopic (exact) mass is 306 g/mol. The van der Waals surface area contributed by atoms with Crippen LogP contribution in [-0.2, 0) is 6.54 Å². The number of rotatable bonds is 3. The number of methoxy groups -OCH3 is 1. The molecule has 0 atom stereocenters. The van der Waals surface area contributed by atoms with Gasteiger partial charge in [-0.25, -0.2) is 4.98 Å². The van der Waals surface area contributed by atoms with E-state index in [9.17, 15) is 0 Å². The third kappa shape index (κ3) is 2.35. The van der Waals surface area contributed by atoms with Crippen molar-refractivity contribution < 1.29 is 4.74 Å². The van der Waals surface area contributed by atoms with E-state index < -0.39 is 0 Å². The predicted octanol–water partition coefficient (Wildman–Crippen LogP) is 4.40. The Morgan fingerprint density at radius 3 is 2.60 bits per heavy atom. The quantitative estimate of drug-likeness (QED) is 0.717. The number of benzene rings is 1. The van der Waals surface area contributed by atoms with Crippen LogP contribution in [0.2, 0.25) is 10.0 Å². The fraction of sp³-hybridized carbons (Fsp3) is 0.133. The average Bonchev–Trinajstić information content (AvgIpc) is 2.84. The van der Waals surface area contributed by atoms with E-state index >= 15 is 0 Å². The van der Waals surface area contributed by atoms with E-state index in [1.54, 1.807) is 13.3 Å². The first kappa shape index (κ1) is 13.3. The summed E-state index contributed by atoms with van der Waals surface area (Å²) in [5.74, 6) is 0.659. The molecular weight excluding hydrogens is 295 g/mol. The summed E-state index contributed by atoms with van der Waals surface area (Å²) in [6.07, 6.45) is 3.59. The van der Waals surface area contributed by atoms with E-state index in [4.69, 9.17) is 27.9 Å². The molecule has 2 aromatic heterocycles. The second-order valence-corrected chi connectivity index (χ2v) is 5.29. The lowest BCUT2D eigenvalue weighted by Gasteiger charge is -2.07. The number of fused-ring (bicyclic) bond motifs is 1. The maximum atomic E-state index is 6.08. The molecule has 3 rings (SSSR count). The summed E-state index contributed by atoms with van der Waals surface area (Å²) in [6.45, 7) is 0.721. The van der Waals surface area contributed by atoms with Gasteiger partial charge >= 0.3 is 0 Å². The van der Waals surface area contributed by atoms with Crippen molar-refractivity contribution in [2.45, 2.75) is 6.54 Å². The number of aromatic nitrogens is 2. The largest absolute Gasteiger partial charge is 0.494 e. The summed E-state index contributed by atoms with van der Waals surface area (Å²) in [5, 5.41) is 2.16. The molecule has 20 heavy (non-hydrogen) atoms. The Bertz CT molecular complexity index is 750. The molecule has 0 bridgehead atoms. The standard InChI is InChI=1S/C15H12Cl2N2O/c1-20-14-12-6-7-19(15(12)18-8-13(14)17)9-10-2-4-11(16)5-3-10/h2-8H,9H2,1H3. The highest BCUT2D eigenvalue weighted by atomic mass is 35.5. The van der Waals surface area contributed by atoms with Gasteiger partial charge in [0.25, 0.3) is 0 Å². The molecule has 0 amide bonds. The molecule has 0 radical (unpaired) electrons. The Hall–Kier alpha value is -1.71. The molecule has 0 fully saturated rings. The lowest BCUT2D eigenvalue weighted by Crippen LogP contribution is -1.99. The molecule has 0 aliphatic heterocycles. The number of pyridine rings is 1. The van der Waals surface area contributed by atoms with Gasteiger partial charge in [0.1, 0.15) is 16.4 Å². The zero-order valence-electron chi connectivity index (χ0n) is 10.8. The van der Waals surface area contributed by atoms with Crippen LogP contribution in [0.3, 0.4) is 0 Å². The van der Waals surface area contributed by atoms with Crippen LogP contribution in [0, 0.1) is 0 Å². The van der Waals surface area contributed by atoms with Crippen molar-refractivity contribution in [3.05, 3.63) is 58.3 Å². The van der Waals surface area contributed by atoms with Crippen molar-refractivity contribution in [2.75, 3.05) is 7.11 Å². The summed E-state index contributed by atoms with van der Waals surface area (Å²) >= 11 is 12.0. The van der Waals surface area contributed by atoms with Crippen molar-refractivity contribution in [1.82, 2.24) is 9.55 Å². The Kier molecular flexibility index (Phi) is 3.55. The van der Waals surface area contributed by atoms with Crippen LogP contribution in [-0.4, -0.2) is 16.7 Å². The number of hydrogen-bond acceptors (Lipinski definition) is 2. The van der Waals surface area contributed by atoms with Crippen LogP contribution in [0.1, 0.15) is 5.56 Å². The molecule has 0 spiro atoms. The van der Waals surface area contributed by atoms with Crippen LogP contribution < -0.4 is 4.74 Å². The third-order valence-corrected chi connectivity index (χ3v) is 3.69. The van der Waals surface area contributed by atoms with E-state index in [-0.39, 0.29) is 0 Å². The van der Waals surface area contributed by atoms with E-state index in [2.05, 4.69) is 9.55 Å². The van der Waals surface area contributed by atoms with Crippen molar-refractivity contribution in [1.29, 1.82) is 0 Å². The first-order valence-electron chi connectivity index (χ1n) is 6.11. The molecule has 102 valence electrons. The Morgan fingerprint density at radius 2 is 1.90 bits per heavy atom. The molecule has 0 saturated heterocycles. The topological polar surface area (TPSA) is 27.1 Å². The minimum Gasteiger partial charge on any atom is -0.494 e. The minimum atomic E-state index is 0.518. The van der Waals surface area contributed by atoms with Crippen molar-refractivity contribution in [3.63, 3.8) is 0 Å². The Labute approximate surface area is 126 Å². The maximum Gasteiger partial charge on any atom is 0.150 e. The van der Waals surface area contributed by atoms with Gasteiger partial charge in [-0.15, -0.1) is 0 Å². The molecule has 5 heteroatoms. The number of halogens is 2. The zero-order valence-corrected chi connectivity index (χ0v) is 12.3. The predicted molar refractivity (Wildman–Crippen MR) is 81.8 cm³/mol. The van der Waals surface area contributed by atoms with Crippen molar-refractivity contribution >= 4 is 34.2 Å². The van der Waals surface area contributed by atoms with Gasteiger partial charge in [-0.1, -0.05) is 35.3 Å². The van der Waals surface area contributed by atoms with Gasteiger partial charge in [-0.3, -0.25) is 0 Å². The highest BCUT2D eigenvalue weighted by Gasteiger charge is 2.11. The summed E-state index contributed by atoms with van der Waals surface area (Å²) in [4.78, 5) is 4.39. The summed E-state index contributed by atoms with van der Waals surface area (Å²) in [5.41, 5.74) is 2.00.